The van der Waals surface area contributed by atoms with Crippen LogP contribution >= 0.6 is 23.1 Å². The molecule has 1 aliphatic heterocycles. The molecule has 0 radical (unpaired) electrons. The Morgan fingerprint density at radius 2 is 2.50 bits per heavy atom. The van der Waals surface area contributed by atoms with E-state index in [4.69, 9.17) is 5.11 Å². The first kappa shape index (κ1) is 10.5. The van der Waals surface area contributed by atoms with E-state index in [9.17, 15) is 0 Å². The van der Waals surface area contributed by atoms with Gasteiger partial charge in [0.05, 0.1) is 10.7 Å². The van der Waals surface area contributed by atoms with Crippen molar-refractivity contribution in [2.45, 2.75) is 30.9 Å². The molecule has 2 rings (SSSR count). The lowest BCUT2D eigenvalue weighted by Gasteiger charge is -2.02. The SMILES string of the molecule is OCCCc1nc(C2CCCS2)cs1. The van der Waals surface area contributed by atoms with Crippen LogP contribution in [-0.4, -0.2) is 22.5 Å². The van der Waals surface area contributed by atoms with Crippen molar-refractivity contribution < 1.29 is 5.11 Å². The molecule has 1 aromatic heterocycles. The molecule has 0 bridgehead atoms. The largest absolute Gasteiger partial charge is 0.396 e. The summed E-state index contributed by atoms with van der Waals surface area (Å²) in [6.07, 6.45) is 4.38. The van der Waals surface area contributed by atoms with Gasteiger partial charge in [-0.25, -0.2) is 4.98 Å². The van der Waals surface area contributed by atoms with Gasteiger partial charge in [0.25, 0.3) is 0 Å². The summed E-state index contributed by atoms with van der Waals surface area (Å²) >= 11 is 3.77. The zero-order valence-electron chi connectivity index (χ0n) is 8.11. The third-order valence-corrected chi connectivity index (χ3v) is 4.71. The average molecular weight is 229 g/mol. The van der Waals surface area contributed by atoms with Crippen molar-refractivity contribution in [3.63, 3.8) is 0 Å². The van der Waals surface area contributed by atoms with Crippen molar-refractivity contribution in [2.75, 3.05) is 12.4 Å². The Morgan fingerprint density at radius 1 is 1.57 bits per heavy atom. The molecule has 14 heavy (non-hydrogen) atoms. The van der Waals surface area contributed by atoms with Gasteiger partial charge in [-0.1, -0.05) is 0 Å². The molecule has 1 unspecified atom stereocenters. The van der Waals surface area contributed by atoms with E-state index < -0.39 is 0 Å². The van der Waals surface area contributed by atoms with Gasteiger partial charge in [0.15, 0.2) is 0 Å². The minimum Gasteiger partial charge on any atom is -0.396 e. The lowest BCUT2D eigenvalue weighted by Crippen LogP contribution is -1.92. The molecular formula is C10H15NOS2. The van der Waals surface area contributed by atoms with Crippen molar-refractivity contribution in [1.29, 1.82) is 0 Å². The fourth-order valence-electron chi connectivity index (χ4n) is 1.63. The Bertz CT molecular complexity index is 281. The monoisotopic (exact) mass is 229 g/mol. The second kappa shape index (κ2) is 5.14. The summed E-state index contributed by atoms with van der Waals surface area (Å²) in [5.74, 6) is 1.29. The average Bonchev–Trinajstić information content (AvgIpc) is 2.85. The molecule has 0 spiro atoms. The molecule has 1 atom stereocenters. The van der Waals surface area contributed by atoms with Crippen LogP contribution in [0.4, 0.5) is 0 Å². The summed E-state index contributed by atoms with van der Waals surface area (Å²) in [6, 6.07) is 0. The van der Waals surface area contributed by atoms with Crippen molar-refractivity contribution in [3.05, 3.63) is 16.1 Å². The molecule has 1 saturated heterocycles. The fourth-order valence-corrected chi connectivity index (χ4v) is 3.85. The molecule has 0 aromatic carbocycles. The van der Waals surface area contributed by atoms with E-state index >= 15 is 0 Å². The highest BCUT2D eigenvalue weighted by Crippen LogP contribution is 2.39. The molecular weight excluding hydrogens is 214 g/mol. The normalized spacial score (nSPS) is 21.6. The topological polar surface area (TPSA) is 33.1 Å². The van der Waals surface area contributed by atoms with Crippen LogP contribution in [0.25, 0.3) is 0 Å². The Hall–Kier alpha value is -0.0600. The molecule has 0 amide bonds. The standard InChI is InChI=1S/C10H15NOS2/c12-5-1-4-10-11-8(7-14-10)9-3-2-6-13-9/h7,9,12H,1-6H2. The first-order valence-corrected chi connectivity index (χ1v) is 7.00. The highest BCUT2D eigenvalue weighted by molar-refractivity contribution is 7.99. The van der Waals surface area contributed by atoms with Gasteiger partial charge in [0.1, 0.15) is 0 Å². The quantitative estimate of drug-likeness (QED) is 0.861. The number of aliphatic hydroxyl groups excluding tert-OH is 1. The molecule has 0 aliphatic carbocycles. The van der Waals surface area contributed by atoms with Crippen LogP contribution in [0.5, 0.6) is 0 Å². The van der Waals surface area contributed by atoms with Gasteiger partial charge >= 0.3 is 0 Å². The third kappa shape index (κ3) is 2.49. The van der Waals surface area contributed by atoms with Crippen molar-refractivity contribution in [1.82, 2.24) is 4.98 Å². The molecule has 4 heteroatoms. The Balaban J connectivity index is 1.94. The molecule has 1 aliphatic rings. The minimum atomic E-state index is 0.271. The van der Waals surface area contributed by atoms with Crippen LogP contribution in [0, 0.1) is 0 Å². The molecule has 1 N–H and O–H groups in total. The molecule has 1 fully saturated rings. The number of hydrogen-bond donors (Lipinski definition) is 1. The van der Waals surface area contributed by atoms with E-state index in [0.717, 1.165) is 12.8 Å². The van der Waals surface area contributed by atoms with E-state index in [1.54, 1.807) is 11.3 Å². The maximum Gasteiger partial charge on any atom is 0.0929 e. The second-order valence-electron chi connectivity index (χ2n) is 3.49. The van der Waals surface area contributed by atoms with Crippen molar-refractivity contribution in [3.8, 4) is 0 Å². The van der Waals surface area contributed by atoms with Crippen LogP contribution < -0.4 is 0 Å². The van der Waals surface area contributed by atoms with Gasteiger partial charge in [-0.15, -0.1) is 11.3 Å². The van der Waals surface area contributed by atoms with E-state index in [-0.39, 0.29) is 6.61 Å². The number of nitrogens with zero attached hydrogens (tertiary/aromatic N) is 1. The van der Waals surface area contributed by atoms with Gasteiger partial charge in [-0.3, -0.25) is 0 Å². The van der Waals surface area contributed by atoms with Gasteiger partial charge in [0, 0.05) is 23.7 Å². The van der Waals surface area contributed by atoms with Crippen LogP contribution in [-0.2, 0) is 6.42 Å². The van der Waals surface area contributed by atoms with Gasteiger partial charge in [-0.2, -0.15) is 11.8 Å². The summed E-state index contributed by atoms with van der Waals surface area (Å²) in [5.41, 5.74) is 1.27. The molecule has 2 nitrogen and oxygen atoms in total. The lowest BCUT2D eigenvalue weighted by atomic mass is 10.2. The van der Waals surface area contributed by atoms with Gasteiger partial charge in [0.2, 0.25) is 0 Å². The number of rotatable bonds is 4. The van der Waals surface area contributed by atoms with Crippen molar-refractivity contribution >= 4 is 23.1 Å². The Morgan fingerprint density at radius 3 is 3.21 bits per heavy atom. The number of aryl methyl sites for hydroxylation is 1. The highest BCUT2D eigenvalue weighted by atomic mass is 32.2. The first-order chi connectivity index (χ1) is 6.90. The van der Waals surface area contributed by atoms with Gasteiger partial charge < -0.3 is 5.11 Å². The lowest BCUT2D eigenvalue weighted by molar-refractivity contribution is 0.288. The maximum absolute atomic E-state index is 8.72. The van der Waals surface area contributed by atoms with E-state index in [1.165, 1.54) is 29.3 Å². The number of hydrogen-bond acceptors (Lipinski definition) is 4. The van der Waals surface area contributed by atoms with Crippen LogP contribution in [0.1, 0.15) is 35.2 Å². The summed E-state index contributed by atoms with van der Waals surface area (Å²) in [7, 11) is 0. The second-order valence-corrected chi connectivity index (χ2v) is 5.75. The summed E-state index contributed by atoms with van der Waals surface area (Å²) in [5, 5.41) is 12.7. The smallest absolute Gasteiger partial charge is 0.0929 e. The minimum absolute atomic E-state index is 0.271. The third-order valence-electron chi connectivity index (χ3n) is 2.38. The van der Waals surface area contributed by atoms with Crippen molar-refractivity contribution in [2.24, 2.45) is 0 Å². The van der Waals surface area contributed by atoms with Crippen LogP contribution in [0.2, 0.25) is 0 Å². The highest BCUT2D eigenvalue weighted by Gasteiger charge is 2.19. The Labute approximate surface area is 92.8 Å². The molecule has 78 valence electrons. The van der Waals surface area contributed by atoms with Crippen LogP contribution in [0.3, 0.4) is 0 Å². The number of aromatic nitrogens is 1. The Kier molecular flexibility index (Phi) is 3.84. The maximum atomic E-state index is 8.72. The number of aliphatic hydroxyl groups is 1. The predicted molar refractivity (Wildman–Crippen MR) is 62.0 cm³/mol. The van der Waals surface area contributed by atoms with Gasteiger partial charge in [-0.05, 0) is 25.0 Å². The zero-order valence-corrected chi connectivity index (χ0v) is 9.74. The molecule has 1 aromatic rings. The van der Waals surface area contributed by atoms with E-state index in [2.05, 4.69) is 10.4 Å². The van der Waals surface area contributed by atoms with E-state index in [0.29, 0.717) is 5.25 Å². The molecule has 2 heterocycles. The molecule has 0 saturated carbocycles. The van der Waals surface area contributed by atoms with E-state index in [1.807, 2.05) is 11.8 Å². The summed E-state index contributed by atoms with van der Waals surface area (Å²) in [4.78, 5) is 4.62. The first-order valence-electron chi connectivity index (χ1n) is 5.07. The predicted octanol–water partition coefficient (Wildman–Crippen LogP) is 2.64. The van der Waals surface area contributed by atoms with Crippen LogP contribution in [0.15, 0.2) is 5.38 Å². The number of thiazole rings is 1. The number of thioether (sulfide) groups is 1. The fraction of sp³-hybridized carbons (Fsp3) is 0.700. The zero-order chi connectivity index (χ0) is 9.80. The summed E-state index contributed by atoms with van der Waals surface area (Å²) in [6.45, 7) is 0.271. The summed E-state index contributed by atoms with van der Waals surface area (Å²) < 4.78 is 0.